The first-order valence-electron chi connectivity index (χ1n) is 6.01. The van der Waals surface area contributed by atoms with Crippen LogP contribution in [-0.2, 0) is 14.3 Å². The molecule has 0 aliphatic carbocycles. The van der Waals surface area contributed by atoms with Gasteiger partial charge in [-0.25, -0.2) is 0 Å². The molecule has 6 heteroatoms. The molecule has 0 unspecified atom stereocenters. The monoisotopic (exact) mass is 326 g/mol. The first-order valence-corrected chi connectivity index (χ1v) is 6.80. The number of primary amides is 1. The molecule has 19 heavy (non-hydrogen) atoms. The van der Waals surface area contributed by atoms with Gasteiger partial charge in [0.05, 0.1) is 12.5 Å². The van der Waals surface area contributed by atoms with Crippen LogP contribution in [0.2, 0.25) is 0 Å². The zero-order valence-electron chi connectivity index (χ0n) is 10.3. The number of benzene rings is 1. The van der Waals surface area contributed by atoms with E-state index >= 15 is 0 Å². The predicted molar refractivity (Wildman–Crippen MR) is 73.1 cm³/mol. The lowest BCUT2D eigenvalue weighted by molar-refractivity contribution is -0.130. The lowest BCUT2D eigenvalue weighted by Crippen LogP contribution is -2.40. The second kappa shape index (κ2) is 6.16. The van der Waals surface area contributed by atoms with Gasteiger partial charge >= 0.3 is 0 Å². The number of rotatable bonds is 4. The maximum Gasteiger partial charge on any atom is 0.244 e. The van der Waals surface area contributed by atoms with E-state index in [0.717, 1.165) is 4.47 Å². The van der Waals surface area contributed by atoms with Crippen LogP contribution < -0.4 is 11.1 Å². The topological polar surface area (TPSA) is 81.4 Å². The number of carbonyl (C=O) groups excluding carboxylic acids is 2. The Morgan fingerprint density at radius 2 is 2.26 bits per heavy atom. The van der Waals surface area contributed by atoms with Gasteiger partial charge in [-0.05, 0) is 24.1 Å². The van der Waals surface area contributed by atoms with Crippen molar-refractivity contribution in [1.82, 2.24) is 5.32 Å². The maximum atomic E-state index is 12.0. The lowest BCUT2D eigenvalue weighted by Gasteiger charge is -2.18. The van der Waals surface area contributed by atoms with E-state index in [4.69, 9.17) is 10.5 Å². The fraction of sp³-hybridized carbons (Fsp3) is 0.385. The maximum absolute atomic E-state index is 12.0. The highest BCUT2D eigenvalue weighted by atomic mass is 79.9. The molecule has 0 radical (unpaired) electrons. The Morgan fingerprint density at radius 3 is 2.84 bits per heavy atom. The highest BCUT2D eigenvalue weighted by molar-refractivity contribution is 9.10. The van der Waals surface area contributed by atoms with Gasteiger partial charge in [-0.15, -0.1) is 0 Å². The third-order valence-electron chi connectivity index (χ3n) is 3.05. The van der Waals surface area contributed by atoms with E-state index in [1.165, 1.54) is 0 Å². The molecule has 1 fully saturated rings. The van der Waals surface area contributed by atoms with Crippen LogP contribution in [0.1, 0.15) is 18.0 Å². The van der Waals surface area contributed by atoms with Gasteiger partial charge in [0.1, 0.15) is 6.04 Å². The summed E-state index contributed by atoms with van der Waals surface area (Å²) in [6, 6.07) is 6.34. The van der Waals surface area contributed by atoms with Crippen molar-refractivity contribution in [1.29, 1.82) is 0 Å². The minimum Gasteiger partial charge on any atom is -0.381 e. The number of nitrogens with one attached hydrogen (secondary N) is 1. The van der Waals surface area contributed by atoms with E-state index in [0.29, 0.717) is 25.2 Å². The zero-order chi connectivity index (χ0) is 13.8. The number of carbonyl (C=O) groups is 2. The standard InChI is InChI=1S/C13H15BrN2O3/c14-10-3-1-2-8(6-10)11(12(15)17)16-13(18)9-4-5-19-7-9/h1-3,6,9,11H,4-5,7H2,(H2,15,17)(H,16,18)/t9-,11+/m0/s1. The van der Waals surface area contributed by atoms with Gasteiger partial charge in [-0.3, -0.25) is 9.59 Å². The van der Waals surface area contributed by atoms with Crippen molar-refractivity contribution in [3.05, 3.63) is 34.3 Å². The van der Waals surface area contributed by atoms with E-state index in [9.17, 15) is 9.59 Å². The van der Waals surface area contributed by atoms with E-state index < -0.39 is 11.9 Å². The molecular formula is C13H15BrN2O3. The lowest BCUT2D eigenvalue weighted by atomic mass is 10.0. The van der Waals surface area contributed by atoms with Crippen LogP contribution in [0.3, 0.4) is 0 Å². The largest absolute Gasteiger partial charge is 0.381 e. The summed E-state index contributed by atoms with van der Waals surface area (Å²) < 4.78 is 5.99. The first-order chi connectivity index (χ1) is 9.08. The summed E-state index contributed by atoms with van der Waals surface area (Å²) in [5.41, 5.74) is 6.03. The van der Waals surface area contributed by atoms with Crippen molar-refractivity contribution in [2.24, 2.45) is 11.7 Å². The Kier molecular flexibility index (Phi) is 4.55. The second-order valence-electron chi connectivity index (χ2n) is 4.46. The Balaban J connectivity index is 2.12. The van der Waals surface area contributed by atoms with E-state index in [-0.39, 0.29) is 11.8 Å². The quantitative estimate of drug-likeness (QED) is 0.870. The summed E-state index contributed by atoms with van der Waals surface area (Å²) in [6.07, 6.45) is 0.676. The molecule has 102 valence electrons. The van der Waals surface area contributed by atoms with Gasteiger partial charge in [-0.1, -0.05) is 28.1 Å². The number of hydrogen-bond acceptors (Lipinski definition) is 3. The highest BCUT2D eigenvalue weighted by Gasteiger charge is 2.28. The van der Waals surface area contributed by atoms with E-state index in [1.807, 2.05) is 6.07 Å². The van der Waals surface area contributed by atoms with E-state index in [1.54, 1.807) is 18.2 Å². The summed E-state index contributed by atoms with van der Waals surface area (Å²) in [5.74, 6) is -0.972. The fourth-order valence-electron chi connectivity index (χ4n) is 2.01. The van der Waals surface area contributed by atoms with Crippen molar-refractivity contribution in [2.75, 3.05) is 13.2 Å². The molecule has 0 spiro atoms. The number of amides is 2. The Labute approximate surface area is 119 Å². The van der Waals surface area contributed by atoms with E-state index in [2.05, 4.69) is 21.2 Å². The smallest absolute Gasteiger partial charge is 0.244 e. The SMILES string of the molecule is NC(=O)[C@H](NC(=O)[C@H]1CCOC1)c1cccc(Br)c1. The number of nitrogens with two attached hydrogens (primary N) is 1. The Morgan fingerprint density at radius 1 is 1.47 bits per heavy atom. The molecule has 1 aromatic carbocycles. The molecule has 5 nitrogen and oxygen atoms in total. The van der Waals surface area contributed by atoms with Gasteiger partial charge < -0.3 is 15.8 Å². The average molecular weight is 327 g/mol. The van der Waals surface area contributed by atoms with Crippen LogP contribution in [0.4, 0.5) is 0 Å². The van der Waals surface area contributed by atoms with Crippen LogP contribution in [0.25, 0.3) is 0 Å². The number of halogens is 1. The molecule has 1 aromatic rings. The van der Waals surface area contributed by atoms with Gasteiger partial charge in [-0.2, -0.15) is 0 Å². The van der Waals surface area contributed by atoms with Gasteiger partial charge in [0.2, 0.25) is 11.8 Å². The summed E-state index contributed by atoms with van der Waals surface area (Å²) in [4.78, 5) is 23.5. The number of ether oxygens (including phenoxy) is 1. The molecule has 1 saturated heterocycles. The molecular weight excluding hydrogens is 312 g/mol. The minimum atomic E-state index is -0.814. The molecule has 0 bridgehead atoms. The number of hydrogen-bond donors (Lipinski definition) is 2. The summed E-state index contributed by atoms with van der Waals surface area (Å²) in [7, 11) is 0. The molecule has 3 N–H and O–H groups in total. The van der Waals surface area contributed by atoms with Crippen molar-refractivity contribution < 1.29 is 14.3 Å². The van der Waals surface area contributed by atoms with Gasteiger partial charge in [0.15, 0.2) is 0 Å². The minimum absolute atomic E-state index is 0.193. The van der Waals surface area contributed by atoms with Crippen LogP contribution >= 0.6 is 15.9 Å². The summed E-state index contributed by atoms with van der Waals surface area (Å²) in [5, 5.41) is 2.69. The molecule has 2 rings (SSSR count). The highest BCUT2D eigenvalue weighted by Crippen LogP contribution is 2.20. The second-order valence-corrected chi connectivity index (χ2v) is 5.38. The van der Waals surface area contributed by atoms with Crippen molar-refractivity contribution in [3.8, 4) is 0 Å². The van der Waals surface area contributed by atoms with Crippen LogP contribution in [0, 0.1) is 5.92 Å². The average Bonchev–Trinajstić information content (AvgIpc) is 2.89. The van der Waals surface area contributed by atoms with Gasteiger partial charge in [0, 0.05) is 11.1 Å². The molecule has 2 atom stereocenters. The Hall–Kier alpha value is -1.40. The molecule has 1 heterocycles. The zero-order valence-corrected chi connectivity index (χ0v) is 11.9. The molecule has 0 aromatic heterocycles. The van der Waals surface area contributed by atoms with Crippen LogP contribution in [-0.4, -0.2) is 25.0 Å². The summed E-state index contributed by atoms with van der Waals surface area (Å²) in [6.45, 7) is 0.978. The third-order valence-corrected chi connectivity index (χ3v) is 3.55. The van der Waals surface area contributed by atoms with Gasteiger partial charge in [0.25, 0.3) is 0 Å². The predicted octanol–water partition coefficient (Wildman–Crippen LogP) is 1.13. The molecule has 1 aliphatic rings. The molecule has 0 saturated carbocycles. The summed E-state index contributed by atoms with van der Waals surface area (Å²) >= 11 is 3.33. The normalized spacial score (nSPS) is 19.9. The first kappa shape index (κ1) is 14.0. The van der Waals surface area contributed by atoms with Crippen LogP contribution in [0.5, 0.6) is 0 Å². The van der Waals surface area contributed by atoms with Crippen LogP contribution in [0.15, 0.2) is 28.7 Å². The molecule has 1 aliphatic heterocycles. The fourth-order valence-corrected chi connectivity index (χ4v) is 2.42. The molecule has 2 amide bonds. The Bertz CT molecular complexity index is 487. The van der Waals surface area contributed by atoms with Crippen molar-refractivity contribution in [3.63, 3.8) is 0 Å². The third kappa shape index (κ3) is 3.54. The van der Waals surface area contributed by atoms with Crippen molar-refractivity contribution in [2.45, 2.75) is 12.5 Å². The van der Waals surface area contributed by atoms with Crippen molar-refractivity contribution >= 4 is 27.7 Å².